The Morgan fingerprint density at radius 3 is 2.62 bits per heavy atom. The summed E-state index contributed by atoms with van der Waals surface area (Å²) in [6.07, 6.45) is -1.00. The van der Waals surface area contributed by atoms with Crippen LogP contribution in [0.3, 0.4) is 0 Å². The van der Waals surface area contributed by atoms with Crippen molar-refractivity contribution in [3.05, 3.63) is 63.0 Å². The van der Waals surface area contributed by atoms with Gasteiger partial charge in [-0.05, 0) is 44.0 Å². The number of benzene rings is 2. The van der Waals surface area contributed by atoms with Crippen molar-refractivity contribution < 1.29 is 22.7 Å². The molecular formula is C24H23ClF3NO3. The molecule has 170 valence electrons. The van der Waals surface area contributed by atoms with E-state index in [4.69, 9.17) is 16.0 Å². The van der Waals surface area contributed by atoms with Crippen LogP contribution in [-0.4, -0.2) is 22.6 Å². The van der Waals surface area contributed by atoms with Gasteiger partial charge in [0.05, 0.1) is 16.5 Å². The van der Waals surface area contributed by atoms with E-state index in [0.717, 1.165) is 32.2 Å². The van der Waals surface area contributed by atoms with Crippen LogP contribution in [0, 0.1) is 0 Å². The SMILES string of the molecule is CC[C@@H]1CCCCN1Cc1c(O)ccc2c(=O)c(-c3ccccc3Cl)c(C(F)(F)F)oc12. The van der Waals surface area contributed by atoms with E-state index in [1.807, 2.05) is 0 Å². The molecule has 0 unspecified atom stereocenters. The summed E-state index contributed by atoms with van der Waals surface area (Å²) >= 11 is 6.13. The van der Waals surface area contributed by atoms with Crippen molar-refractivity contribution >= 4 is 22.6 Å². The number of piperidine rings is 1. The van der Waals surface area contributed by atoms with E-state index in [0.29, 0.717) is 0 Å². The molecule has 1 N–H and O–H groups in total. The minimum absolute atomic E-state index is 0.0164. The van der Waals surface area contributed by atoms with Gasteiger partial charge in [-0.15, -0.1) is 0 Å². The van der Waals surface area contributed by atoms with E-state index in [1.54, 1.807) is 6.07 Å². The molecule has 1 saturated heterocycles. The van der Waals surface area contributed by atoms with Gasteiger partial charge in [-0.3, -0.25) is 9.69 Å². The minimum atomic E-state index is -4.93. The zero-order chi connectivity index (χ0) is 23.0. The van der Waals surface area contributed by atoms with Gasteiger partial charge in [0.2, 0.25) is 11.2 Å². The molecular weight excluding hydrogens is 443 g/mol. The van der Waals surface area contributed by atoms with Gasteiger partial charge in [0.25, 0.3) is 0 Å². The van der Waals surface area contributed by atoms with E-state index in [2.05, 4.69) is 11.8 Å². The van der Waals surface area contributed by atoms with Crippen molar-refractivity contribution in [1.82, 2.24) is 4.90 Å². The molecule has 1 fully saturated rings. The Morgan fingerprint density at radius 2 is 1.94 bits per heavy atom. The smallest absolute Gasteiger partial charge is 0.450 e. The number of hydrogen-bond donors (Lipinski definition) is 1. The Hall–Kier alpha value is -2.51. The van der Waals surface area contributed by atoms with E-state index in [9.17, 15) is 23.1 Å². The molecule has 0 saturated carbocycles. The van der Waals surface area contributed by atoms with E-state index >= 15 is 0 Å². The molecule has 4 rings (SSSR count). The van der Waals surface area contributed by atoms with E-state index in [1.165, 1.54) is 30.3 Å². The summed E-state index contributed by atoms with van der Waals surface area (Å²) in [7, 11) is 0. The lowest BCUT2D eigenvalue weighted by Crippen LogP contribution is -2.38. The Balaban J connectivity index is 1.97. The van der Waals surface area contributed by atoms with Crippen molar-refractivity contribution in [3.8, 4) is 16.9 Å². The highest BCUT2D eigenvalue weighted by atomic mass is 35.5. The molecule has 1 aliphatic heterocycles. The van der Waals surface area contributed by atoms with Gasteiger partial charge in [0, 0.05) is 23.2 Å². The van der Waals surface area contributed by atoms with Crippen LogP contribution >= 0.6 is 11.6 Å². The fourth-order valence-corrected chi connectivity index (χ4v) is 4.73. The molecule has 1 atom stereocenters. The number of nitrogens with zero attached hydrogens (tertiary/aromatic N) is 1. The highest BCUT2D eigenvalue weighted by molar-refractivity contribution is 6.33. The third kappa shape index (κ3) is 4.11. The number of likely N-dealkylation sites (tertiary alicyclic amines) is 1. The molecule has 32 heavy (non-hydrogen) atoms. The molecule has 0 aliphatic carbocycles. The van der Waals surface area contributed by atoms with Crippen molar-refractivity contribution in [2.75, 3.05) is 6.54 Å². The molecule has 0 spiro atoms. The summed E-state index contributed by atoms with van der Waals surface area (Å²) < 4.78 is 47.5. The van der Waals surface area contributed by atoms with Crippen LogP contribution in [0.2, 0.25) is 5.02 Å². The third-order valence-electron chi connectivity index (χ3n) is 6.12. The quantitative estimate of drug-likeness (QED) is 0.471. The van der Waals surface area contributed by atoms with Crippen LogP contribution in [0.4, 0.5) is 13.2 Å². The lowest BCUT2D eigenvalue weighted by atomic mass is 9.97. The second-order valence-electron chi connectivity index (χ2n) is 8.08. The molecule has 3 aromatic rings. The average Bonchev–Trinajstić information content (AvgIpc) is 2.76. The molecule has 0 radical (unpaired) electrons. The molecule has 1 aromatic heterocycles. The molecule has 0 amide bonds. The van der Waals surface area contributed by atoms with Crippen molar-refractivity contribution in [1.29, 1.82) is 0 Å². The normalized spacial score (nSPS) is 17.7. The van der Waals surface area contributed by atoms with Crippen LogP contribution in [0.1, 0.15) is 43.9 Å². The number of rotatable bonds is 4. The van der Waals surface area contributed by atoms with Gasteiger partial charge >= 0.3 is 6.18 Å². The number of alkyl halides is 3. The van der Waals surface area contributed by atoms with Crippen molar-refractivity contribution in [3.63, 3.8) is 0 Å². The van der Waals surface area contributed by atoms with Crippen LogP contribution in [0.5, 0.6) is 5.75 Å². The van der Waals surface area contributed by atoms with Gasteiger partial charge in [-0.2, -0.15) is 13.2 Å². The van der Waals surface area contributed by atoms with Crippen LogP contribution < -0.4 is 5.43 Å². The molecule has 0 bridgehead atoms. The average molecular weight is 466 g/mol. The molecule has 1 aliphatic rings. The second-order valence-corrected chi connectivity index (χ2v) is 8.49. The third-order valence-corrected chi connectivity index (χ3v) is 6.45. The molecule has 8 heteroatoms. The lowest BCUT2D eigenvalue weighted by molar-refractivity contribution is -0.152. The first-order chi connectivity index (χ1) is 15.2. The first-order valence-electron chi connectivity index (χ1n) is 10.6. The second kappa shape index (κ2) is 8.79. The number of aromatic hydroxyl groups is 1. The lowest BCUT2D eigenvalue weighted by Gasteiger charge is -2.35. The summed E-state index contributed by atoms with van der Waals surface area (Å²) in [4.78, 5) is 15.4. The van der Waals surface area contributed by atoms with Gasteiger partial charge in [-0.25, -0.2) is 0 Å². The highest BCUT2D eigenvalue weighted by Crippen LogP contribution is 2.41. The Morgan fingerprint density at radius 1 is 1.19 bits per heavy atom. The maximum Gasteiger partial charge on any atom is 0.450 e. The molecule has 2 heterocycles. The minimum Gasteiger partial charge on any atom is -0.507 e. The molecule has 2 aromatic carbocycles. The summed E-state index contributed by atoms with van der Waals surface area (Å²) in [6.45, 7) is 3.03. The van der Waals surface area contributed by atoms with Crippen molar-refractivity contribution in [2.45, 2.75) is 51.4 Å². The predicted octanol–water partition coefficient (Wildman–Crippen LogP) is 6.60. The fraction of sp³-hybridized carbons (Fsp3) is 0.375. The van der Waals surface area contributed by atoms with Gasteiger partial charge < -0.3 is 9.52 Å². The number of halogens is 4. The monoisotopic (exact) mass is 465 g/mol. The fourth-order valence-electron chi connectivity index (χ4n) is 4.50. The highest BCUT2D eigenvalue weighted by Gasteiger charge is 2.40. The zero-order valence-electron chi connectivity index (χ0n) is 17.5. The summed E-state index contributed by atoms with van der Waals surface area (Å²) in [6, 6.07) is 8.75. The van der Waals surface area contributed by atoms with E-state index < -0.39 is 22.9 Å². The standard InChI is InChI=1S/C24H23ClF3NO3/c1-2-14-7-5-6-12-29(14)13-17-19(30)11-10-16-21(31)20(15-8-3-4-9-18(15)25)23(24(26,27)28)32-22(16)17/h3-4,8-11,14,30H,2,5-7,12-13H2,1H3/t14-/m1/s1. The van der Waals surface area contributed by atoms with Crippen LogP contribution in [0.15, 0.2) is 45.6 Å². The van der Waals surface area contributed by atoms with Crippen LogP contribution in [0.25, 0.3) is 22.1 Å². The molecule has 4 nitrogen and oxygen atoms in total. The van der Waals surface area contributed by atoms with Gasteiger partial charge in [0.1, 0.15) is 11.3 Å². The summed E-state index contributed by atoms with van der Waals surface area (Å²) in [5, 5.41) is 10.5. The van der Waals surface area contributed by atoms with Gasteiger partial charge in [0.15, 0.2) is 0 Å². The Kier molecular flexibility index (Phi) is 6.23. The first kappa shape index (κ1) is 22.7. The van der Waals surface area contributed by atoms with E-state index in [-0.39, 0.29) is 45.5 Å². The van der Waals surface area contributed by atoms with Gasteiger partial charge in [-0.1, -0.05) is 43.1 Å². The van der Waals surface area contributed by atoms with Crippen molar-refractivity contribution in [2.24, 2.45) is 0 Å². The summed E-state index contributed by atoms with van der Waals surface area (Å²) in [5.74, 6) is -1.61. The summed E-state index contributed by atoms with van der Waals surface area (Å²) in [5.41, 5.74) is -1.56. The maximum absolute atomic E-state index is 14.0. The largest absolute Gasteiger partial charge is 0.507 e. The van der Waals surface area contributed by atoms with Crippen LogP contribution in [-0.2, 0) is 12.7 Å². The number of hydrogen-bond acceptors (Lipinski definition) is 4. The topological polar surface area (TPSA) is 53.7 Å². The Labute approximate surface area is 188 Å². The number of phenolic OH excluding ortho intramolecular Hbond substituents is 1. The maximum atomic E-state index is 14.0. The predicted molar refractivity (Wildman–Crippen MR) is 118 cm³/mol. The number of phenols is 1. The Bertz CT molecular complexity index is 1210. The number of fused-ring (bicyclic) bond motifs is 1. The first-order valence-corrected chi connectivity index (χ1v) is 11.0. The zero-order valence-corrected chi connectivity index (χ0v) is 18.3.